The van der Waals surface area contributed by atoms with Gasteiger partial charge in [0.2, 0.25) is 5.82 Å². The predicted molar refractivity (Wildman–Crippen MR) is 110 cm³/mol. The first-order chi connectivity index (χ1) is 15.9. The standard InChI is InChI=1S/C20H16F6N6OS/c1-10(15-16(28-3-2-27-15)17-29-9-32(31-17)14-7-34-8-14)30-18(33)11-4-12(19(21,22)23)6-13(5-11)20(24,25)26/h2-6,9-10,14H,7-8H2,1H3,(H,30,33). The van der Waals surface area contributed by atoms with E-state index in [1.165, 1.54) is 19.3 Å². The second-order valence-electron chi connectivity index (χ2n) is 7.52. The molecule has 0 aliphatic carbocycles. The third kappa shape index (κ3) is 5.00. The fourth-order valence-corrected chi connectivity index (χ4v) is 3.96. The molecule has 14 heteroatoms. The van der Waals surface area contributed by atoms with Crippen LogP contribution < -0.4 is 5.32 Å². The molecule has 0 saturated carbocycles. The number of hydrogen-bond acceptors (Lipinski definition) is 6. The summed E-state index contributed by atoms with van der Waals surface area (Å²) in [5, 5.41) is 6.78. The molecule has 4 rings (SSSR count). The highest BCUT2D eigenvalue weighted by Gasteiger charge is 2.37. The van der Waals surface area contributed by atoms with Gasteiger partial charge in [0.25, 0.3) is 5.91 Å². The van der Waals surface area contributed by atoms with Gasteiger partial charge in [-0.25, -0.2) is 14.6 Å². The number of halogens is 6. The van der Waals surface area contributed by atoms with E-state index in [1.807, 2.05) is 0 Å². The lowest BCUT2D eigenvalue weighted by Gasteiger charge is -2.24. The SMILES string of the molecule is CC(NC(=O)c1cc(C(F)(F)F)cc(C(F)(F)F)c1)c1nccnc1-c1ncn(C2CSC2)n1. The molecule has 1 unspecified atom stereocenters. The largest absolute Gasteiger partial charge is 0.416 e. The highest BCUT2D eigenvalue weighted by molar-refractivity contribution is 8.00. The van der Waals surface area contributed by atoms with E-state index in [4.69, 9.17) is 0 Å². The van der Waals surface area contributed by atoms with Crippen LogP contribution in [0.1, 0.15) is 46.2 Å². The zero-order chi connectivity index (χ0) is 24.7. The Morgan fingerprint density at radius 2 is 1.65 bits per heavy atom. The molecule has 180 valence electrons. The van der Waals surface area contributed by atoms with Gasteiger partial charge in [-0.05, 0) is 25.1 Å². The third-order valence-corrected chi connectivity index (χ3v) is 6.29. The van der Waals surface area contributed by atoms with E-state index in [1.54, 1.807) is 22.8 Å². The minimum atomic E-state index is -5.07. The third-order valence-electron chi connectivity index (χ3n) is 5.05. The first kappa shape index (κ1) is 24.0. The number of amides is 1. The van der Waals surface area contributed by atoms with Gasteiger partial charge in [0.05, 0.1) is 28.9 Å². The molecule has 1 saturated heterocycles. The maximum Gasteiger partial charge on any atom is 0.416 e. The van der Waals surface area contributed by atoms with Crippen LogP contribution >= 0.6 is 11.8 Å². The van der Waals surface area contributed by atoms with Gasteiger partial charge in [0, 0.05) is 29.5 Å². The molecule has 0 bridgehead atoms. The summed E-state index contributed by atoms with van der Waals surface area (Å²) in [5.74, 6) is 0.879. The average Bonchev–Trinajstić information content (AvgIpc) is 3.20. The number of thioether (sulfide) groups is 1. The summed E-state index contributed by atoms with van der Waals surface area (Å²) in [7, 11) is 0. The highest BCUT2D eigenvalue weighted by atomic mass is 32.2. The summed E-state index contributed by atoms with van der Waals surface area (Å²) < 4.78 is 80.4. The molecular weight excluding hydrogens is 486 g/mol. The fraction of sp³-hybridized carbons (Fsp3) is 0.350. The van der Waals surface area contributed by atoms with Crippen molar-refractivity contribution >= 4 is 17.7 Å². The maximum absolute atomic E-state index is 13.1. The number of carbonyl (C=O) groups is 1. The number of carbonyl (C=O) groups excluding carboxylic acids is 1. The zero-order valence-corrected chi connectivity index (χ0v) is 18.2. The Bertz CT molecular complexity index is 1170. The highest BCUT2D eigenvalue weighted by Crippen LogP contribution is 2.36. The average molecular weight is 502 g/mol. The van der Waals surface area contributed by atoms with Crippen molar-refractivity contribution in [3.8, 4) is 11.5 Å². The topological polar surface area (TPSA) is 85.6 Å². The quantitative estimate of drug-likeness (QED) is 0.516. The summed E-state index contributed by atoms with van der Waals surface area (Å²) in [6, 6.07) is -0.0221. The smallest absolute Gasteiger partial charge is 0.344 e. The van der Waals surface area contributed by atoms with Crippen molar-refractivity contribution in [3.05, 3.63) is 59.3 Å². The van der Waals surface area contributed by atoms with E-state index in [-0.39, 0.29) is 29.3 Å². The van der Waals surface area contributed by atoms with Crippen LogP contribution in [0.4, 0.5) is 26.3 Å². The number of benzene rings is 1. The molecule has 2 aromatic heterocycles. The summed E-state index contributed by atoms with van der Waals surface area (Å²) >= 11 is 1.76. The Labute approximate surface area is 193 Å². The van der Waals surface area contributed by atoms with Gasteiger partial charge in [-0.1, -0.05) is 0 Å². The van der Waals surface area contributed by atoms with Crippen molar-refractivity contribution in [2.75, 3.05) is 11.5 Å². The predicted octanol–water partition coefficient (Wildman–Crippen LogP) is 4.55. The van der Waals surface area contributed by atoms with Crippen LogP contribution in [0.25, 0.3) is 11.5 Å². The molecular formula is C20H16F6N6OS. The second kappa shape index (κ2) is 8.89. The molecule has 1 aliphatic rings. The molecule has 1 N–H and O–H groups in total. The minimum absolute atomic E-state index is 0.0381. The Kier molecular flexibility index (Phi) is 6.27. The normalized spacial score (nSPS) is 15.6. The second-order valence-corrected chi connectivity index (χ2v) is 8.59. The van der Waals surface area contributed by atoms with Gasteiger partial charge < -0.3 is 5.32 Å². The molecule has 1 aromatic carbocycles. The zero-order valence-electron chi connectivity index (χ0n) is 17.4. The van der Waals surface area contributed by atoms with E-state index < -0.39 is 41.0 Å². The van der Waals surface area contributed by atoms with Crippen LogP contribution in [0, 0.1) is 0 Å². The van der Waals surface area contributed by atoms with Gasteiger partial charge in [-0.3, -0.25) is 9.78 Å². The van der Waals surface area contributed by atoms with Gasteiger partial charge in [0.1, 0.15) is 12.0 Å². The number of rotatable bonds is 5. The minimum Gasteiger partial charge on any atom is -0.344 e. The maximum atomic E-state index is 13.1. The summed E-state index contributed by atoms with van der Waals surface area (Å²) in [6.07, 6.45) is -5.86. The number of alkyl halides is 6. The fourth-order valence-electron chi connectivity index (χ4n) is 3.21. The lowest BCUT2D eigenvalue weighted by Crippen LogP contribution is -2.28. The van der Waals surface area contributed by atoms with Crippen LogP contribution in [-0.4, -0.2) is 42.1 Å². The van der Waals surface area contributed by atoms with Crippen molar-refractivity contribution in [1.29, 1.82) is 0 Å². The van der Waals surface area contributed by atoms with Crippen molar-refractivity contribution in [1.82, 2.24) is 30.0 Å². The Morgan fingerprint density at radius 1 is 1.03 bits per heavy atom. The van der Waals surface area contributed by atoms with Gasteiger partial charge >= 0.3 is 12.4 Å². The lowest BCUT2D eigenvalue weighted by molar-refractivity contribution is -0.143. The van der Waals surface area contributed by atoms with Crippen molar-refractivity contribution in [2.24, 2.45) is 0 Å². The van der Waals surface area contributed by atoms with Gasteiger partial charge in [0.15, 0.2) is 0 Å². The molecule has 1 amide bonds. The van der Waals surface area contributed by atoms with Crippen LogP contribution in [0.3, 0.4) is 0 Å². The van der Waals surface area contributed by atoms with Gasteiger partial charge in [-0.2, -0.15) is 38.1 Å². The lowest BCUT2D eigenvalue weighted by atomic mass is 10.0. The summed E-state index contributed by atoms with van der Waals surface area (Å²) in [4.78, 5) is 25.2. The van der Waals surface area contributed by atoms with Crippen molar-refractivity contribution in [2.45, 2.75) is 31.4 Å². The monoisotopic (exact) mass is 502 g/mol. The number of aromatic nitrogens is 5. The molecule has 0 radical (unpaired) electrons. The van der Waals surface area contributed by atoms with E-state index in [2.05, 4.69) is 25.4 Å². The van der Waals surface area contributed by atoms with Crippen LogP contribution in [-0.2, 0) is 12.4 Å². The number of hydrogen-bond donors (Lipinski definition) is 1. The van der Waals surface area contributed by atoms with Crippen LogP contribution in [0.2, 0.25) is 0 Å². The Hall–Kier alpha value is -3.16. The molecule has 1 atom stereocenters. The molecule has 3 aromatic rings. The number of nitrogens with zero attached hydrogens (tertiary/aromatic N) is 5. The molecule has 1 aliphatic heterocycles. The summed E-state index contributed by atoms with van der Waals surface area (Å²) in [6.45, 7) is 1.48. The van der Waals surface area contributed by atoms with Crippen molar-refractivity contribution < 1.29 is 31.1 Å². The van der Waals surface area contributed by atoms with Crippen molar-refractivity contribution in [3.63, 3.8) is 0 Å². The molecule has 0 spiro atoms. The summed E-state index contributed by atoms with van der Waals surface area (Å²) in [5.41, 5.74) is -3.50. The van der Waals surface area contributed by atoms with Gasteiger partial charge in [-0.15, -0.1) is 5.10 Å². The van der Waals surface area contributed by atoms with E-state index in [9.17, 15) is 31.1 Å². The first-order valence-corrected chi connectivity index (χ1v) is 11.0. The van der Waals surface area contributed by atoms with Crippen LogP contribution in [0.5, 0.6) is 0 Å². The Balaban J connectivity index is 1.61. The van der Waals surface area contributed by atoms with Crippen LogP contribution in [0.15, 0.2) is 36.9 Å². The molecule has 3 heterocycles. The molecule has 34 heavy (non-hydrogen) atoms. The van der Waals surface area contributed by atoms with E-state index in [0.717, 1.165) is 11.5 Å². The first-order valence-electron chi connectivity index (χ1n) is 9.84. The molecule has 7 nitrogen and oxygen atoms in total. The molecule has 1 fully saturated rings. The Morgan fingerprint density at radius 3 is 2.21 bits per heavy atom. The van der Waals surface area contributed by atoms with E-state index in [0.29, 0.717) is 12.1 Å². The number of nitrogens with one attached hydrogen (secondary N) is 1. The van der Waals surface area contributed by atoms with E-state index >= 15 is 0 Å².